The second-order valence-corrected chi connectivity index (χ2v) is 7.95. The zero-order valence-electron chi connectivity index (χ0n) is 16.5. The van der Waals surface area contributed by atoms with Crippen molar-refractivity contribution in [3.63, 3.8) is 0 Å². The van der Waals surface area contributed by atoms with E-state index in [1.165, 1.54) is 0 Å². The molecule has 2 aromatic carbocycles. The maximum Gasteiger partial charge on any atom is 0.292 e. The van der Waals surface area contributed by atoms with E-state index in [1.54, 1.807) is 12.0 Å². The van der Waals surface area contributed by atoms with Crippen LogP contribution >= 0.6 is 0 Å². The third-order valence-electron chi connectivity index (χ3n) is 5.98. The lowest BCUT2D eigenvalue weighted by molar-refractivity contribution is -0.256. The van der Waals surface area contributed by atoms with Gasteiger partial charge in [0, 0.05) is 17.7 Å². The van der Waals surface area contributed by atoms with E-state index in [9.17, 15) is 9.90 Å². The molecule has 1 saturated heterocycles. The van der Waals surface area contributed by atoms with Crippen LogP contribution in [-0.2, 0) is 20.1 Å². The summed E-state index contributed by atoms with van der Waals surface area (Å²) < 4.78 is 17.3. The molecule has 1 saturated carbocycles. The number of nitrogens with zero attached hydrogens (tertiary/aromatic N) is 1. The average Bonchev–Trinajstić information content (AvgIpc) is 3.57. The first-order valence-corrected chi connectivity index (χ1v) is 10.2. The second kappa shape index (κ2) is 7.13. The minimum Gasteiger partial charge on any atom is -0.496 e. The van der Waals surface area contributed by atoms with Gasteiger partial charge in [-0.3, -0.25) is 4.79 Å². The van der Waals surface area contributed by atoms with Crippen LogP contribution in [0.25, 0.3) is 0 Å². The summed E-state index contributed by atoms with van der Waals surface area (Å²) >= 11 is 0. The average molecular weight is 395 g/mol. The highest BCUT2D eigenvalue weighted by Crippen LogP contribution is 2.48. The first-order valence-electron chi connectivity index (χ1n) is 10.2. The highest BCUT2D eigenvalue weighted by Gasteiger charge is 2.55. The van der Waals surface area contributed by atoms with Crippen LogP contribution in [-0.4, -0.2) is 37.9 Å². The van der Waals surface area contributed by atoms with E-state index in [2.05, 4.69) is 0 Å². The Labute approximate surface area is 170 Å². The molecule has 3 aliphatic rings. The van der Waals surface area contributed by atoms with E-state index in [4.69, 9.17) is 14.2 Å². The number of amides is 1. The number of fused-ring (bicyclic) bond motifs is 2. The van der Waals surface area contributed by atoms with Gasteiger partial charge in [-0.25, -0.2) is 0 Å². The maximum absolute atomic E-state index is 13.3. The van der Waals surface area contributed by atoms with Crippen molar-refractivity contribution in [3.8, 4) is 5.75 Å². The quantitative estimate of drug-likeness (QED) is 0.843. The lowest BCUT2D eigenvalue weighted by Crippen LogP contribution is -2.47. The van der Waals surface area contributed by atoms with E-state index >= 15 is 0 Å². The zero-order valence-corrected chi connectivity index (χ0v) is 16.5. The summed E-state index contributed by atoms with van der Waals surface area (Å²) in [6.07, 6.45) is 2.18. The van der Waals surface area contributed by atoms with Crippen LogP contribution in [0, 0.1) is 5.92 Å². The molecule has 29 heavy (non-hydrogen) atoms. The number of rotatable bonds is 5. The lowest BCUT2D eigenvalue weighted by Gasteiger charge is -2.32. The molecule has 1 aliphatic carbocycles. The normalized spacial score (nSPS) is 21.3. The van der Waals surface area contributed by atoms with Crippen molar-refractivity contribution in [1.82, 2.24) is 0 Å². The van der Waals surface area contributed by atoms with Crippen LogP contribution in [0.1, 0.15) is 42.1 Å². The molecule has 1 amide bonds. The topological polar surface area (TPSA) is 68.2 Å². The summed E-state index contributed by atoms with van der Waals surface area (Å²) in [6, 6.07) is 13.0. The van der Waals surface area contributed by atoms with Gasteiger partial charge in [0.2, 0.25) is 0 Å². The van der Waals surface area contributed by atoms with Gasteiger partial charge in [-0.15, -0.1) is 0 Å². The molecule has 152 valence electrons. The van der Waals surface area contributed by atoms with Crippen molar-refractivity contribution >= 4 is 11.6 Å². The van der Waals surface area contributed by atoms with Crippen molar-refractivity contribution in [2.75, 3.05) is 31.8 Å². The van der Waals surface area contributed by atoms with Crippen LogP contribution < -0.4 is 9.64 Å². The monoisotopic (exact) mass is 395 g/mol. The molecule has 0 radical (unpaired) electrons. The highest BCUT2D eigenvalue weighted by atomic mass is 16.7. The Hall–Kier alpha value is -2.41. The fourth-order valence-corrected chi connectivity index (χ4v) is 4.25. The Bertz CT molecular complexity index is 933. The number of aliphatic hydroxyl groups is 1. The minimum atomic E-state index is -1.39. The van der Waals surface area contributed by atoms with Crippen molar-refractivity contribution in [2.45, 2.75) is 31.2 Å². The molecule has 1 unspecified atom stereocenters. The number of methoxy groups -OCH3 is 1. The Morgan fingerprint density at radius 2 is 1.97 bits per heavy atom. The van der Waals surface area contributed by atoms with Gasteiger partial charge in [0.1, 0.15) is 11.9 Å². The number of carbonyl (C=O) groups is 1. The number of benzene rings is 2. The molecule has 2 aromatic rings. The number of hydrogen-bond donors (Lipinski definition) is 1. The SMILES string of the molecule is COc1ccccc1C(O)c1ccc2c(c1)C1(OCCCO1)C(=O)N2CC1CC1. The van der Waals surface area contributed by atoms with Crippen molar-refractivity contribution < 1.29 is 24.1 Å². The molecule has 2 aliphatic heterocycles. The predicted octanol–water partition coefficient (Wildman–Crippen LogP) is 3.12. The molecule has 2 fully saturated rings. The molecule has 1 N–H and O–H groups in total. The largest absolute Gasteiger partial charge is 0.496 e. The van der Waals surface area contributed by atoms with E-state index in [0.29, 0.717) is 48.1 Å². The minimum absolute atomic E-state index is 0.150. The number of para-hydroxylation sites is 1. The summed E-state index contributed by atoms with van der Waals surface area (Å²) in [5, 5.41) is 11.0. The lowest BCUT2D eigenvalue weighted by atomic mass is 9.96. The molecule has 0 bridgehead atoms. The van der Waals surface area contributed by atoms with Crippen molar-refractivity contribution in [1.29, 1.82) is 0 Å². The van der Waals surface area contributed by atoms with Crippen LogP contribution in [0.5, 0.6) is 5.75 Å². The Kier molecular flexibility index (Phi) is 4.57. The van der Waals surface area contributed by atoms with E-state index in [-0.39, 0.29) is 5.91 Å². The third-order valence-corrected chi connectivity index (χ3v) is 5.98. The van der Waals surface area contributed by atoms with Gasteiger partial charge in [-0.2, -0.15) is 0 Å². The number of carbonyl (C=O) groups excluding carboxylic acids is 1. The first kappa shape index (κ1) is 18.6. The highest BCUT2D eigenvalue weighted by molar-refractivity contribution is 6.06. The van der Waals surface area contributed by atoms with Gasteiger partial charge < -0.3 is 24.2 Å². The number of aliphatic hydroxyl groups excluding tert-OH is 1. The van der Waals surface area contributed by atoms with Gasteiger partial charge in [0.25, 0.3) is 11.7 Å². The first-order chi connectivity index (χ1) is 14.1. The Morgan fingerprint density at radius 3 is 2.69 bits per heavy atom. The molecule has 6 heteroatoms. The zero-order chi connectivity index (χ0) is 20.0. The third kappa shape index (κ3) is 3.03. The molecule has 2 heterocycles. The van der Waals surface area contributed by atoms with Crippen LogP contribution in [0.4, 0.5) is 5.69 Å². The number of anilines is 1. The van der Waals surface area contributed by atoms with Crippen molar-refractivity contribution in [2.24, 2.45) is 5.92 Å². The molecule has 5 rings (SSSR count). The molecule has 0 aromatic heterocycles. The summed E-state index contributed by atoms with van der Waals surface area (Å²) in [4.78, 5) is 15.2. The predicted molar refractivity (Wildman–Crippen MR) is 107 cm³/mol. The second-order valence-electron chi connectivity index (χ2n) is 7.95. The van der Waals surface area contributed by atoms with E-state index in [1.807, 2.05) is 42.5 Å². The Balaban J connectivity index is 1.57. The molecular formula is C23H25NO5. The number of ether oxygens (including phenoxy) is 3. The smallest absolute Gasteiger partial charge is 0.292 e. The van der Waals surface area contributed by atoms with Gasteiger partial charge in [-0.1, -0.05) is 24.3 Å². The molecule has 6 nitrogen and oxygen atoms in total. The van der Waals surface area contributed by atoms with Gasteiger partial charge in [-0.05, 0) is 48.9 Å². The summed E-state index contributed by atoms with van der Waals surface area (Å²) in [6.45, 7) is 1.64. The fraction of sp³-hybridized carbons (Fsp3) is 0.435. The summed E-state index contributed by atoms with van der Waals surface area (Å²) in [5.41, 5.74) is 2.86. The van der Waals surface area contributed by atoms with Crippen LogP contribution in [0.3, 0.4) is 0 Å². The van der Waals surface area contributed by atoms with Crippen LogP contribution in [0.2, 0.25) is 0 Å². The maximum atomic E-state index is 13.3. The van der Waals surface area contributed by atoms with Crippen LogP contribution in [0.15, 0.2) is 42.5 Å². The Morgan fingerprint density at radius 1 is 1.21 bits per heavy atom. The summed E-state index contributed by atoms with van der Waals surface area (Å²) in [7, 11) is 1.58. The van der Waals surface area contributed by atoms with E-state index < -0.39 is 11.9 Å². The fourth-order valence-electron chi connectivity index (χ4n) is 4.25. The number of hydrogen-bond acceptors (Lipinski definition) is 5. The standard InChI is InChI=1S/C23H25NO5/c1-27-20-6-3-2-5-17(20)21(25)16-9-10-19-18(13-16)23(28-11-4-12-29-23)22(26)24(19)14-15-7-8-15/h2-3,5-6,9-10,13,15,21,25H,4,7-8,11-12,14H2,1H3. The van der Waals surface area contributed by atoms with Gasteiger partial charge in [0.05, 0.1) is 26.0 Å². The van der Waals surface area contributed by atoms with Gasteiger partial charge >= 0.3 is 0 Å². The van der Waals surface area contributed by atoms with E-state index in [0.717, 1.165) is 24.9 Å². The summed E-state index contributed by atoms with van der Waals surface area (Å²) in [5.74, 6) is -0.377. The molecule has 1 atom stereocenters. The molecule has 1 spiro atoms. The van der Waals surface area contributed by atoms with Crippen molar-refractivity contribution in [3.05, 3.63) is 59.2 Å². The van der Waals surface area contributed by atoms with Gasteiger partial charge in [0.15, 0.2) is 0 Å². The molecular weight excluding hydrogens is 370 g/mol.